The van der Waals surface area contributed by atoms with Crippen LogP contribution in [0.15, 0.2) is 41.5 Å². The third-order valence-electron chi connectivity index (χ3n) is 10.6. The van der Waals surface area contributed by atoms with Crippen LogP contribution in [-0.2, 0) is 42.9 Å². The zero-order chi connectivity index (χ0) is 36.9. The summed E-state index contributed by atoms with van der Waals surface area (Å²) < 4.78 is 28.9. The first kappa shape index (κ1) is 38.0. The molecule has 4 rings (SSSR count). The van der Waals surface area contributed by atoms with Gasteiger partial charge >= 0.3 is 29.8 Å². The third kappa shape index (κ3) is 6.46. The molecule has 0 aliphatic heterocycles. The van der Waals surface area contributed by atoms with Crippen molar-refractivity contribution in [1.82, 2.24) is 0 Å². The number of aliphatic hydroxyl groups is 4. The molecule has 3 aliphatic rings. The average molecular weight is 691 g/mol. The molecule has 14 nitrogen and oxygen atoms in total. The number of fused-ring (bicyclic) bond motifs is 2. The van der Waals surface area contributed by atoms with Crippen LogP contribution in [-0.4, -0.2) is 105 Å². The van der Waals surface area contributed by atoms with E-state index < -0.39 is 107 Å². The van der Waals surface area contributed by atoms with Gasteiger partial charge in [0.2, 0.25) is 0 Å². The minimum Gasteiger partial charge on any atom is -0.463 e. The van der Waals surface area contributed by atoms with Crippen LogP contribution in [0.1, 0.15) is 78.6 Å². The molecule has 0 aromatic heterocycles. The van der Waals surface area contributed by atoms with Gasteiger partial charge in [0, 0.05) is 40.0 Å². The molecule has 0 bridgehead atoms. The predicted molar refractivity (Wildman–Crippen MR) is 168 cm³/mol. The van der Waals surface area contributed by atoms with Gasteiger partial charge in [-0.05, 0) is 50.5 Å². The Hall–Kier alpha value is -3.85. The minimum atomic E-state index is -2.51. The Kier molecular flexibility index (Phi) is 10.4. The molecule has 2 saturated carbocycles. The molecule has 0 radical (unpaired) electrons. The number of esters is 5. The first-order valence-corrected chi connectivity index (χ1v) is 16.1. The summed E-state index contributed by atoms with van der Waals surface area (Å²) in [6.07, 6.45) is -10.5. The Balaban J connectivity index is 2.18. The van der Waals surface area contributed by atoms with Crippen LogP contribution >= 0.6 is 0 Å². The summed E-state index contributed by atoms with van der Waals surface area (Å²) in [5.74, 6) is -6.04. The molecule has 4 N–H and O–H groups in total. The van der Waals surface area contributed by atoms with Crippen LogP contribution in [0.4, 0.5) is 0 Å². The molecule has 3 aliphatic carbocycles. The smallest absolute Gasteiger partial charge is 0.338 e. The van der Waals surface area contributed by atoms with Crippen LogP contribution in [0.5, 0.6) is 0 Å². The molecule has 10 unspecified atom stereocenters. The van der Waals surface area contributed by atoms with Gasteiger partial charge in [0.1, 0.15) is 24.4 Å². The van der Waals surface area contributed by atoms with Crippen molar-refractivity contribution in [3.63, 3.8) is 0 Å². The van der Waals surface area contributed by atoms with Crippen molar-refractivity contribution >= 4 is 29.8 Å². The highest BCUT2D eigenvalue weighted by Gasteiger charge is 2.77. The fourth-order valence-corrected chi connectivity index (χ4v) is 8.50. The molecule has 270 valence electrons. The number of hydrogen-bond acceptors (Lipinski definition) is 14. The summed E-state index contributed by atoms with van der Waals surface area (Å²) >= 11 is 0. The average Bonchev–Trinajstić information content (AvgIpc) is 3.23. The van der Waals surface area contributed by atoms with Gasteiger partial charge in [-0.1, -0.05) is 25.1 Å². The van der Waals surface area contributed by atoms with Crippen LogP contribution in [0.25, 0.3) is 0 Å². The van der Waals surface area contributed by atoms with Crippen molar-refractivity contribution in [3.8, 4) is 0 Å². The second kappa shape index (κ2) is 13.5. The lowest BCUT2D eigenvalue weighted by Crippen LogP contribution is -2.74. The molecule has 0 spiro atoms. The van der Waals surface area contributed by atoms with Crippen molar-refractivity contribution in [1.29, 1.82) is 0 Å². The van der Waals surface area contributed by atoms with Crippen LogP contribution in [0, 0.1) is 16.7 Å². The largest absolute Gasteiger partial charge is 0.463 e. The SMILES string of the molecule is CC(=O)OCC1(O)C(OC(C)=O)CC(OC(C)=O)C2(C)C(OC(C)=O)C(OC(=O)c3ccccc3)C3=C(C)C(O)CC3(C(C)(C)O)C(O)C12. The number of hydrogen-bond donors (Lipinski definition) is 4. The van der Waals surface area contributed by atoms with E-state index in [1.807, 2.05) is 0 Å². The van der Waals surface area contributed by atoms with E-state index in [2.05, 4.69) is 0 Å². The summed E-state index contributed by atoms with van der Waals surface area (Å²) in [6, 6.07) is 7.84. The van der Waals surface area contributed by atoms with Gasteiger partial charge in [-0.25, -0.2) is 4.79 Å². The van der Waals surface area contributed by atoms with Crippen molar-refractivity contribution in [2.45, 2.75) is 116 Å². The van der Waals surface area contributed by atoms with Crippen LogP contribution in [0.3, 0.4) is 0 Å². The molecular formula is C35H46O14. The fraction of sp³-hybridized carbons (Fsp3) is 0.629. The highest BCUT2D eigenvalue weighted by Crippen LogP contribution is 2.66. The zero-order valence-electron chi connectivity index (χ0n) is 28.9. The van der Waals surface area contributed by atoms with E-state index in [-0.39, 0.29) is 23.1 Å². The second-order valence-electron chi connectivity index (χ2n) is 14.1. The van der Waals surface area contributed by atoms with Gasteiger partial charge < -0.3 is 44.1 Å². The van der Waals surface area contributed by atoms with Crippen LogP contribution < -0.4 is 0 Å². The summed E-state index contributed by atoms with van der Waals surface area (Å²) in [5, 5.41) is 49.2. The maximum Gasteiger partial charge on any atom is 0.338 e. The molecule has 0 heterocycles. The standard InChI is InChI=1S/C35H46O14/c1-17-23(40)15-34(32(6,7)43)26(17)27(49-31(42)22-12-10-9-11-13-22)30(48-21(5)39)33(8)24(46-19(3)37)14-25(47-20(4)38)35(44,16-45-18(2)36)28(33)29(34)41/h9-13,23-25,27-30,40-41,43-44H,14-16H2,1-8H3. The van der Waals surface area contributed by atoms with E-state index in [0.29, 0.717) is 0 Å². The Morgan fingerprint density at radius 3 is 1.92 bits per heavy atom. The van der Waals surface area contributed by atoms with Gasteiger partial charge in [-0.15, -0.1) is 0 Å². The Morgan fingerprint density at radius 2 is 1.41 bits per heavy atom. The highest BCUT2D eigenvalue weighted by molar-refractivity contribution is 5.89. The lowest BCUT2D eigenvalue weighted by Gasteiger charge is -2.60. The van der Waals surface area contributed by atoms with E-state index in [1.165, 1.54) is 39.8 Å². The Labute approximate surface area is 284 Å². The number of aliphatic hydroxyl groups excluding tert-OH is 2. The first-order valence-electron chi connectivity index (χ1n) is 16.1. The van der Waals surface area contributed by atoms with Crippen LogP contribution in [0.2, 0.25) is 0 Å². The lowest BCUT2D eigenvalue weighted by atomic mass is 9.51. The molecule has 0 saturated heterocycles. The van der Waals surface area contributed by atoms with Gasteiger partial charge in [0.15, 0.2) is 12.2 Å². The number of carbonyl (C=O) groups is 5. The second-order valence-corrected chi connectivity index (χ2v) is 14.1. The molecule has 10 atom stereocenters. The number of ether oxygens (including phenoxy) is 5. The number of carbonyl (C=O) groups excluding carboxylic acids is 5. The Bertz CT molecular complexity index is 1510. The normalized spacial score (nSPS) is 35.6. The highest BCUT2D eigenvalue weighted by atomic mass is 16.6. The number of benzene rings is 1. The maximum atomic E-state index is 13.8. The van der Waals surface area contributed by atoms with E-state index in [9.17, 15) is 44.4 Å². The topological polar surface area (TPSA) is 212 Å². The van der Waals surface area contributed by atoms with Gasteiger partial charge in [-0.2, -0.15) is 0 Å². The van der Waals surface area contributed by atoms with Gasteiger partial charge in [-0.3, -0.25) is 19.2 Å². The zero-order valence-corrected chi connectivity index (χ0v) is 28.9. The molecule has 0 amide bonds. The molecule has 1 aromatic rings. The monoisotopic (exact) mass is 690 g/mol. The quantitative estimate of drug-likeness (QED) is 0.173. The van der Waals surface area contributed by atoms with Crippen molar-refractivity contribution in [3.05, 3.63) is 47.0 Å². The van der Waals surface area contributed by atoms with E-state index in [1.54, 1.807) is 18.2 Å². The van der Waals surface area contributed by atoms with E-state index >= 15 is 0 Å². The molecular weight excluding hydrogens is 644 g/mol. The van der Waals surface area contributed by atoms with Crippen molar-refractivity contribution < 1.29 is 68.1 Å². The summed E-state index contributed by atoms with van der Waals surface area (Å²) in [7, 11) is 0. The predicted octanol–water partition coefficient (Wildman–Crippen LogP) is 1.54. The molecule has 14 heteroatoms. The number of rotatable bonds is 8. The molecule has 49 heavy (non-hydrogen) atoms. The molecule has 2 fully saturated rings. The van der Waals surface area contributed by atoms with Crippen molar-refractivity contribution in [2.24, 2.45) is 16.7 Å². The van der Waals surface area contributed by atoms with E-state index in [0.717, 1.165) is 27.7 Å². The Morgan fingerprint density at radius 1 is 0.857 bits per heavy atom. The lowest BCUT2D eigenvalue weighted by molar-refractivity contribution is -0.292. The van der Waals surface area contributed by atoms with Gasteiger partial charge in [0.05, 0.1) is 34.2 Å². The summed E-state index contributed by atoms with van der Waals surface area (Å²) in [6.45, 7) is 9.16. The first-order chi connectivity index (χ1) is 22.6. The van der Waals surface area contributed by atoms with Gasteiger partial charge in [0.25, 0.3) is 0 Å². The third-order valence-corrected chi connectivity index (χ3v) is 10.6. The minimum absolute atomic E-state index is 0.0200. The summed E-state index contributed by atoms with van der Waals surface area (Å²) in [5.41, 5.74) is -8.08. The molecule has 1 aromatic carbocycles. The van der Waals surface area contributed by atoms with E-state index in [4.69, 9.17) is 23.7 Å². The van der Waals surface area contributed by atoms with Crippen molar-refractivity contribution in [2.75, 3.05) is 6.61 Å². The maximum absolute atomic E-state index is 13.8. The fourth-order valence-electron chi connectivity index (χ4n) is 8.50. The summed E-state index contributed by atoms with van der Waals surface area (Å²) in [4.78, 5) is 64.2.